The van der Waals surface area contributed by atoms with Crippen molar-refractivity contribution in [2.24, 2.45) is 0 Å². The molecular formula is C15H25N3. The second kappa shape index (κ2) is 6.19. The predicted octanol–water partition coefficient (Wildman–Crippen LogP) is 3.45. The van der Waals surface area contributed by atoms with Crippen molar-refractivity contribution in [2.45, 2.75) is 52.1 Å². The number of hydrogen-bond acceptors (Lipinski definition) is 3. The topological polar surface area (TPSA) is 28.2 Å². The molecule has 100 valence electrons. The Labute approximate surface area is 111 Å². The van der Waals surface area contributed by atoms with E-state index in [0.717, 1.165) is 12.4 Å². The number of piperidine rings is 1. The van der Waals surface area contributed by atoms with Gasteiger partial charge in [0.05, 0.1) is 0 Å². The Hall–Kier alpha value is -1.09. The molecule has 1 aliphatic rings. The van der Waals surface area contributed by atoms with E-state index in [-0.39, 0.29) is 0 Å². The lowest BCUT2D eigenvalue weighted by molar-refractivity contribution is 0.112. The van der Waals surface area contributed by atoms with Gasteiger partial charge in [0.25, 0.3) is 0 Å². The van der Waals surface area contributed by atoms with Crippen molar-refractivity contribution in [2.75, 3.05) is 18.4 Å². The van der Waals surface area contributed by atoms with Gasteiger partial charge >= 0.3 is 0 Å². The van der Waals surface area contributed by atoms with Crippen LogP contribution in [0.25, 0.3) is 0 Å². The summed E-state index contributed by atoms with van der Waals surface area (Å²) < 4.78 is 0. The first-order chi connectivity index (χ1) is 8.72. The quantitative estimate of drug-likeness (QED) is 0.883. The summed E-state index contributed by atoms with van der Waals surface area (Å²) in [6, 6.07) is 5.51. The van der Waals surface area contributed by atoms with Crippen LogP contribution in [-0.2, 0) is 0 Å². The Bertz CT molecular complexity index is 359. The van der Waals surface area contributed by atoms with Gasteiger partial charge in [0.15, 0.2) is 0 Å². The minimum atomic E-state index is 0.557. The molecule has 2 heterocycles. The zero-order valence-corrected chi connectivity index (χ0v) is 11.8. The summed E-state index contributed by atoms with van der Waals surface area (Å²) in [6.45, 7) is 8.82. The number of nitrogens with one attached hydrogen (secondary N) is 1. The number of pyridine rings is 1. The average molecular weight is 247 g/mol. The highest BCUT2D eigenvalue weighted by Gasteiger charge is 2.25. The Kier molecular flexibility index (Phi) is 4.59. The second-order valence-electron chi connectivity index (χ2n) is 5.35. The molecule has 1 atom stereocenters. The van der Waals surface area contributed by atoms with E-state index in [1.807, 2.05) is 6.20 Å². The van der Waals surface area contributed by atoms with E-state index in [9.17, 15) is 0 Å². The van der Waals surface area contributed by atoms with Crippen molar-refractivity contribution in [1.29, 1.82) is 0 Å². The van der Waals surface area contributed by atoms with Gasteiger partial charge in [0, 0.05) is 24.8 Å². The van der Waals surface area contributed by atoms with Gasteiger partial charge in [-0.3, -0.25) is 4.90 Å². The van der Waals surface area contributed by atoms with Crippen LogP contribution in [0.15, 0.2) is 18.3 Å². The summed E-state index contributed by atoms with van der Waals surface area (Å²) in [6.07, 6.45) is 5.98. The Morgan fingerprint density at radius 3 is 2.83 bits per heavy atom. The van der Waals surface area contributed by atoms with Crippen molar-refractivity contribution in [3.63, 3.8) is 0 Å². The van der Waals surface area contributed by atoms with E-state index < -0.39 is 0 Å². The fourth-order valence-electron chi connectivity index (χ4n) is 2.82. The fraction of sp³-hybridized carbons (Fsp3) is 0.667. The predicted molar refractivity (Wildman–Crippen MR) is 76.8 cm³/mol. The minimum Gasteiger partial charge on any atom is -0.370 e. The number of hydrogen-bond donors (Lipinski definition) is 1. The highest BCUT2D eigenvalue weighted by Crippen LogP contribution is 2.32. The zero-order chi connectivity index (χ0) is 13.0. The molecule has 0 aromatic carbocycles. The van der Waals surface area contributed by atoms with Crippen LogP contribution in [0.2, 0.25) is 0 Å². The molecule has 1 N–H and O–H groups in total. The highest BCUT2D eigenvalue weighted by molar-refractivity contribution is 5.36. The molecule has 3 heteroatoms. The lowest BCUT2D eigenvalue weighted by Gasteiger charge is -2.38. The molecule has 0 unspecified atom stereocenters. The van der Waals surface area contributed by atoms with Crippen LogP contribution in [0.3, 0.4) is 0 Å². The Morgan fingerprint density at radius 2 is 2.22 bits per heavy atom. The smallest absolute Gasteiger partial charge is 0.125 e. The molecule has 1 saturated heterocycles. The molecule has 1 fully saturated rings. The minimum absolute atomic E-state index is 0.557. The molecule has 0 spiro atoms. The number of aromatic nitrogens is 1. The van der Waals surface area contributed by atoms with Gasteiger partial charge in [-0.1, -0.05) is 12.5 Å². The van der Waals surface area contributed by atoms with Gasteiger partial charge in [-0.15, -0.1) is 0 Å². The van der Waals surface area contributed by atoms with Crippen molar-refractivity contribution < 1.29 is 0 Å². The normalized spacial score (nSPS) is 21.2. The molecule has 0 amide bonds. The first-order valence-electron chi connectivity index (χ1n) is 7.18. The van der Waals surface area contributed by atoms with Crippen molar-refractivity contribution in [1.82, 2.24) is 9.88 Å². The zero-order valence-electron chi connectivity index (χ0n) is 11.8. The lowest BCUT2D eigenvalue weighted by Crippen LogP contribution is -2.38. The number of rotatable bonds is 4. The van der Waals surface area contributed by atoms with E-state index in [1.165, 1.54) is 31.4 Å². The molecular weight excluding hydrogens is 222 g/mol. The maximum absolute atomic E-state index is 4.50. The first kappa shape index (κ1) is 13.3. The van der Waals surface area contributed by atoms with Crippen LogP contribution in [-0.4, -0.2) is 29.0 Å². The maximum Gasteiger partial charge on any atom is 0.125 e. The van der Waals surface area contributed by atoms with Gasteiger partial charge in [-0.25, -0.2) is 4.98 Å². The standard InChI is InChI=1S/C15H25N3/c1-4-16-15-9-8-13(11-17-15)14-7-5-6-10-18(14)12(2)3/h8-9,11-12,14H,4-7,10H2,1-3H3,(H,16,17)/t14-/m0/s1. The second-order valence-corrected chi connectivity index (χ2v) is 5.35. The lowest BCUT2D eigenvalue weighted by atomic mass is 9.95. The third-order valence-corrected chi connectivity index (χ3v) is 3.74. The summed E-state index contributed by atoms with van der Waals surface area (Å²) in [5.74, 6) is 0.980. The molecule has 0 radical (unpaired) electrons. The monoisotopic (exact) mass is 247 g/mol. The van der Waals surface area contributed by atoms with Crippen LogP contribution < -0.4 is 5.32 Å². The highest BCUT2D eigenvalue weighted by atomic mass is 15.2. The average Bonchev–Trinajstić information content (AvgIpc) is 2.40. The molecule has 3 nitrogen and oxygen atoms in total. The largest absolute Gasteiger partial charge is 0.370 e. The molecule has 0 bridgehead atoms. The van der Waals surface area contributed by atoms with Crippen LogP contribution in [0.1, 0.15) is 51.6 Å². The fourth-order valence-corrected chi connectivity index (χ4v) is 2.82. The van der Waals surface area contributed by atoms with E-state index in [1.54, 1.807) is 0 Å². The molecule has 1 aromatic heterocycles. The number of anilines is 1. The van der Waals surface area contributed by atoms with Gasteiger partial charge in [-0.05, 0) is 51.8 Å². The third kappa shape index (κ3) is 3.02. The van der Waals surface area contributed by atoms with E-state index in [4.69, 9.17) is 0 Å². The summed E-state index contributed by atoms with van der Waals surface area (Å²) in [5, 5.41) is 3.25. The molecule has 0 saturated carbocycles. The molecule has 2 rings (SSSR count). The Morgan fingerprint density at radius 1 is 1.39 bits per heavy atom. The van der Waals surface area contributed by atoms with Crippen LogP contribution in [0.4, 0.5) is 5.82 Å². The maximum atomic E-state index is 4.50. The van der Waals surface area contributed by atoms with Gasteiger partial charge in [0.1, 0.15) is 5.82 Å². The van der Waals surface area contributed by atoms with Gasteiger partial charge < -0.3 is 5.32 Å². The molecule has 18 heavy (non-hydrogen) atoms. The van der Waals surface area contributed by atoms with Gasteiger partial charge in [0.2, 0.25) is 0 Å². The van der Waals surface area contributed by atoms with Gasteiger partial charge in [-0.2, -0.15) is 0 Å². The van der Waals surface area contributed by atoms with Crippen LogP contribution in [0.5, 0.6) is 0 Å². The SMILES string of the molecule is CCNc1ccc([C@@H]2CCCCN2C(C)C)cn1. The van der Waals surface area contributed by atoms with E-state index >= 15 is 0 Å². The number of nitrogens with zero attached hydrogens (tertiary/aromatic N) is 2. The van der Waals surface area contributed by atoms with E-state index in [2.05, 4.69) is 48.1 Å². The van der Waals surface area contributed by atoms with Crippen LogP contribution >= 0.6 is 0 Å². The Balaban J connectivity index is 2.12. The summed E-state index contributed by atoms with van der Waals surface area (Å²) in [4.78, 5) is 7.10. The first-order valence-corrected chi connectivity index (χ1v) is 7.18. The summed E-state index contributed by atoms with van der Waals surface area (Å²) in [7, 11) is 0. The molecule has 0 aliphatic carbocycles. The molecule has 1 aliphatic heterocycles. The van der Waals surface area contributed by atoms with E-state index in [0.29, 0.717) is 12.1 Å². The van der Waals surface area contributed by atoms with Crippen molar-refractivity contribution >= 4 is 5.82 Å². The van der Waals surface area contributed by atoms with Crippen LogP contribution in [0, 0.1) is 0 Å². The number of likely N-dealkylation sites (tertiary alicyclic amines) is 1. The summed E-state index contributed by atoms with van der Waals surface area (Å²) >= 11 is 0. The summed E-state index contributed by atoms with van der Waals surface area (Å²) in [5.41, 5.74) is 1.37. The third-order valence-electron chi connectivity index (χ3n) is 3.74. The molecule has 1 aromatic rings. The van der Waals surface area contributed by atoms with Crippen molar-refractivity contribution in [3.05, 3.63) is 23.9 Å². The van der Waals surface area contributed by atoms with Crippen molar-refractivity contribution in [3.8, 4) is 0 Å².